The summed E-state index contributed by atoms with van der Waals surface area (Å²) in [5.74, 6) is 0.557. The lowest BCUT2D eigenvalue weighted by molar-refractivity contribution is 0.0943. The standard InChI is InChI=1S/C21H24FN3O3/c1-3-15(2)25(12-16-6-8-17(22)9-7-16)13-20-24-19(14-28-20)21(26)23-11-18-5-4-10-27-18/h4-10,14-15H,3,11-13H2,1-2H3,(H,23,26). The second kappa shape index (κ2) is 9.32. The molecule has 1 N–H and O–H groups in total. The zero-order chi connectivity index (χ0) is 19.9. The maximum Gasteiger partial charge on any atom is 0.273 e. The predicted molar refractivity (Wildman–Crippen MR) is 102 cm³/mol. The van der Waals surface area contributed by atoms with Gasteiger partial charge < -0.3 is 14.2 Å². The molecule has 0 aliphatic heterocycles. The first-order chi connectivity index (χ1) is 13.5. The summed E-state index contributed by atoms with van der Waals surface area (Å²) in [7, 11) is 0. The quantitative estimate of drug-likeness (QED) is 0.599. The molecule has 6 nitrogen and oxygen atoms in total. The number of hydrogen-bond acceptors (Lipinski definition) is 5. The van der Waals surface area contributed by atoms with Gasteiger partial charge in [-0.1, -0.05) is 19.1 Å². The molecular weight excluding hydrogens is 361 g/mol. The Morgan fingerprint density at radius 3 is 2.68 bits per heavy atom. The van der Waals surface area contributed by atoms with Gasteiger partial charge in [-0.25, -0.2) is 9.37 Å². The van der Waals surface area contributed by atoms with Gasteiger partial charge in [0.05, 0.1) is 19.4 Å². The minimum absolute atomic E-state index is 0.229. The van der Waals surface area contributed by atoms with Crippen LogP contribution in [0.15, 0.2) is 57.8 Å². The summed E-state index contributed by atoms with van der Waals surface area (Å²) >= 11 is 0. The van der Waals surface area contributed by atoms with E-state index in [0.29, 0.717) is 24.7 Å². The van der Waals surface area contributed by atoms with Crippen LogP contribution in [-0.2, 0) is 19.6 Å². The number of carbonyl (C=O) groups is 1. The van der Waals surface area contributed by atoms with Crippen LogP contribution < -0.4 is 5.32 Å². The Bertz CT molecular complexity index is 875. The molecule has 1 atom stereocenters. The highest BCUT2D eigenvalue weighted by Crippen LogP contribution is 2.16. The maximum atomic E-state index is 13.1. The molecule has 0 saturated heterocycles. The van der Waals surface area contributed by atoms with E-state index >= 15 is 0 Å². The van der Waals surface area contributed by atoms with E-state index in [0.717, 1.165) is 12.0 Å². The third kappa shape index (κ3) is 5.29. The molecule has 1 amide bonds. The van der Waals surface area contributed by atoms with Crippen molar-refractivity contribution in [2.75, 3.05) is 0 Å². The minimum atomic E-state index is -0.319. The highest BCUT2D eigenvalue weighted by molar-refractivity contribution is 5.91. The van der Waals surface area contributed by atoms with E-state index in [4.69, 9.17) is 8.83 Å². The molecule has 0 bridgehead atoms. The van der Waals surface area contributed by atoms with Gasteiger partial charge >= 0.3 is 0 Å². The number of amides is 1. The van der Waals surface area contributed by atoms with E-state index < -0.39 is 0 Å². The molecule has 28 heavy (non-hydrogen) atoms. The average molecular weight is 385 g/mol. The molecule has 0 spiro atoms. The molecular formula is C21H24FN3O3. The first-order valence-electron chi connectivity index (χ1n) is 9.28. The Labute approximate surface area is 163 Å². The van der Waals surface area contributed by atoms with Gasteiger partial charge in [0.15, 0.2) is 5.69 Å². The summed E-state index contributed by atoms with van der Waals surface area (Å²) in [6.07, 6.45) is 3.86. The lowest BCUT2D eigenvalue weighted by Crippen LogP contribution is -2.31. The average Bonchev–Trinajstić information content (AvgIpc) is 3.38. The van der Waals surface area contributed by atoms with Crippen LogP contribution in [0.25, 0.3) is 0 Å². The number of aromatic nitrogens is 1. The Morgan fingerprint density at radius 1 is 1.21 bits per heavy atom. The number of rotatable bonds is 9. The number of nitrogens with one attached hydrogen (secondary N) is 1. The third-order valence-corrected chi connectivity index (χ3v) is 4.64. The second-order valence-corrected chi connectivity index (χ2v) is 6.68. The molecule has 0 aliphatic rings. The van der Waals surface area contributed by atoms with Crippen LogP contribution in [0.5, 0.6) is 0 Å². The van der Waals surface area contributed by atoms with Crippen molar-refractivity contribution in [2.45, 2.75) is 45.9 Å². The minimum Gasteiger partial charge on any atom is -0.467 e. The molecule has 0 saturated carbocycles. The van der Waals surface area contributed by atoms with Crippen LogP contribution in [0.1, 0.15) is 48.0 Å². The Morgan fingerprint density at radius 2 is 2.00 bits per heavy atom. The fraction of sp³-hybridized carbons (Fsp3) is 0.333. The molecule has 0 radical (unpaired) electrons. The number of oxazole rings is 1. The molecule has 2 aromatic heterocycles. The summed E-state index contributed by atoms with van der Waals surface area (Å²) in [5, 5.41) is 2.74. The summed E-state index contributed by atoms with van der Waals surface area (Å²) in [6.45, 7) is 5.60. The third-order valence-electron chi connectivity index (χ3n) is 4.64. The monoisotopic (exact) mass is 385 g/mol. The zero-order valence-electron chi connectivity index (χ0n) is 16.0. The van der Waals surface area contributed by atoms with Crippen LogP contribution in [0.4, 0.5) is 4.39 Å². The predicted octanol–water partition coefficient (Wildman–Crippen LogP) is 4.14. The Hall–Kier alpha value is -2.93. The van der Waals surface area contributed by atoms with Gasteiger partial charge in [0.25, 0.3) is 5.91 Å². The molecule has 1 unspecified atom stereocenters. The summed E-state index contributed by atoms with van der Waals surface area (Å²) in [4.78, 5) is 18.7. The van der Waals surface area contributed by atoms with Gasteiger partial charge in [0, 0.05) is 12.6 Å². The molecule has 1 aromatic carbocycles. The van der Waals surface area contributed by atoms with E-state index in [-0.39, 0.29) is 30.0 Å². The van der Waals surface area contributed by atoms with Crippen LogP contribution in [0.3, 0.4) is 0 Å². The van der Waals surface area contributed by atoms with E-state index in [9.17, 15) is 9.18 Å². The summed E-state index contributed by atoms with van der Waals surface area (Å²) in [5.41, 5.74) is 1.23. The lowest BCUT2D eigenvalue weighted by Gasteiger charge is -2.27. The van der Waals surface area contributed by atoms with Gasteiger partial charge in [-0.15, -0.1) is 0 Å². The van der Waals surface area contributed by atoms with Crippen molar-refractivity contribution in [1.29, 1.82) is 0 Å². The molecule has 3 aromatic rings. The van der Waals surface area contributed by atoms with E-state index in [1.807, 2.05) is 0 Å². The smallest absolute Gasteiger partial charge is 0.273 e. The van der Waals surface area contributed by atoms with E-state index in [1.165, 1.54) is 18.4 Å². The Kier molecular flexibility index (Phi) is 6.60. The van der Waals surface area contributed by atoms with Gasteiger partial charge in [0.1, 0.15) is 17.8 Å². The van der Waals surface area contributed by atoms with Crippen molar-refractivity contribution in [1.82, 2.24) is 15.2 Å². The molecule has 148 valence electrons. The van der Waals surface area contributed by atoms with E-state index in [1.54, 1.807) is 30.5 Å². The lowest BCUT2D eigenvalue weighted by atomic mass is 10.1. The Balaban J connectivity index is 1.62. The maximum absolute atomic E-state index is 13.1. The number of halogens is 1. The second-order valence-electron chi connectivity index (χ2n) is 6.68. The van der Waals surface area contributed by atoms with Gasteiger partial charge in [-0.05, 0) is 43.2 Å². The first-order valence-corrected chi connectivity index (χ1v) is 9.28. The van der Waals surface area contributed by atoms with Crippen LogP contribution >= 0.6 is 0 Å². The number of hydrogen-bond donors (Lipinski definition) is 1. The number of furan rings is 1. The fourth-order valence-electron chi connectivity index (χ4n) is 2.78. The molecule has 3 rings (SSSR count). The fourth-order valence-corrected chi connectivity index (χ4v) is 2.78. The van der Waals surface area contributed by atoms with Gasteiger partial charge in [-0.2, -0.15) is 0 Å². The largest absolute Gasteiger partial charge is 0.467 e. The molecule has 0 aliphatic carbocycles. The van der Waals surface area contributed by atoms with Crippen LogP contribution in [0, 0.1) is 5.82 Å². The topological polar surface area (TPSA) is 71.5 Å². The zero-order valence-corrected chi connectivity index (χ0v) is 16.0. The summed E-state index contributed by atoms with van der Waals surface area (Å²) in [6, 6.07) is 10.3. The highest BCUT2D eigenvalue weighted by Gasteiger charge is 2.18. The SMILES string of the molecule is CCC(C)N(Cc1ccc(F)cc1)Cc1nc(C(=O)NCc2ccco2)co1. The molecule has 7 heteroatoms. The number of benzene rings is 1. The molecule has 0 fully saturated rings. The first kappa shape index (κ1) is 19.8. The molecule has 2 heterocycles. The van der Waals surface area contributed by atoms with Crippen LogP contribution in [0.2, 0.25) is 0 Å². The highest BCUT2D eigenvalue weighted by atomic mass is 19.1. The summed E-state index contributed by atoms with van der Waals surface area (Å²) < 4.78 is 23.8. The normalized spacial score (nSPS) is 12.3. The van der Waals surface area contributed by atoms with Gasteiger partial charge in [-0.3, -0.25) is 9.69 Å². The van der Waals surface area contributed by atoms with Crippen LogP contribution in [-0.4, -0.2) is 21.8 Å². The van der Waals surface area contributed by atoms with Crippen molar-refractivity contribution in [3.8, 4) is 0 Å². The van der Waals surface area contributed by atoms with Crippen molar-refractivity contribution in [2.24, 2.45) is 0 Å². The van der Waals surface area contributed by atoms with Crippen molar-refractivity contribution in [3.05, 3.63) is 77.7 Å². The van der Waals surface area contributed by atoms with Crippen molar-refractivity contribution in [3.63, 3.8) is 0 Å². The van der Waals surface area contributed by atoms with Crippen molar-refractivity contribution >= 4 is 5.91 Å². The number of carbonyl (C=O) groups excluding carboxylic acids is 1. The van der Waals surface area contributed by atoms with Crippen molar-refractivity contribution < 1.29 is 18.0 Å². The van der Waals surface area contributed by atoms with Gasteiger partial charge in [0.2, 0.25) is 5.89 Å². The van der Waals surface area contributed by atoms with E-state index in [2.05, 4.69) is 29.0 Å². The number of nitrogens with zero attached hydrogens (tertiary/aromatic N) is 2.